The number of ether oxygens (including phenoxy) is 1. The number of H-pyrrole nitrogens is 1. The van der Waals surface area contributed by atoms with Crippen molar-refractivity contribution in [3.8, 4) is 6.07 Å². The molecule has 0 unspecified atom stereocenters. The van der Waals surface area contributed by atoms with Crippen molar-refractivity contribution in [1.82, 2.24) is 4.98 Å². The van der Waals surface area contributed by atoms with Gasteiger partial charge in [0.2, 0.25) is 0 Å². The maximum absolute atomic E-state index is 8.54. The summed E-state index contributed by atoms with van der Waals surface area (Å²) in [5, 5.41) is 8.54. The lowest BCUT2D eigenvalue weighted by Crippen LogP contribution is -2.36. The van der Waals surface area contributed by atoms with Crippen LogP contribution in [-0.4, -0.2) is 18.2 Å². The maximum atomic E-state index is 8.54. The van der Waals surface area contributed by atoms with Gasteiger partial charge < -0.3 is 4.74 Å². The third-order valence-corrected chi connectivity index (χ3v) is 2.36. The summed E-state index contributed by atoms with van der Waals surface area (Å²) in [4.78, 5) is 3.16. The van der Waals surface area contributed by atoms with Gasteiger partial charge in [0.15, 0.2) is 0 Å². The summed E-state index contributed by atoms with van der Waals surface area (Å²) in [5.74, 6) is 1.12. The van der Waals surface area contributed by atoms with E-state index in [1.807, 2.05) is 12.4 Å². The van der Waals surface area contributed by atoms with Crippen LogP contribution >= 0.6 is 0 Å². The van der Waals surface area contributed by atoms with Crippen LogP contribution in [0.5, 0.6) is 0 Å². The molecule has 0 saturated carbocycles. The van der Waals surface area contributed by atoms with Gasteiger partial charge in [-0.05, 0) is 6.42 Å². The molecule has 0 atom stereocenters. The molecule has 1 heterocycles. The van der Waals surface area contributed by atoms with Crippen molar-refractivity contribution < 1.29 is 9.30 Å². The summed E-state index contributed by atoms with van der Waals surface area (Å²) >= 11 is 0. The standard InChI is InChI=1S/C12H19N3O/c1-2-10-16-11-4-8-15-9-7-14-12(15)5-3-6-13/h7,9H,2-5,8,10-11H2,1H3/p+1. The second-order valence-electron chi connectivity index (χ2n) is 3.72. The lowest BCUT2D eigenvalue weighted by atomic mass is 10.3. The average molecular weight is 222 g/mol. The highest BCUT2D eigenvalue weighted by atomic mass is 16.5. The van der Waals surface area contributed by atoms with Crippen LogP contribution in [0.15, 0.2) is 12.4 Å². The number of nitrogens with one attached hydrogen (secondary N) is 1. The fraction of sp³-hybridized carbons (Fsp3) is 0.667. The van der Waals surface area contributed by atoms with Gasteiger partial charge in [-0.1, -0.05) is 6.92 Å². The third kappa shape index (κ3) is 4.45. The van der Waals surface area contributed by atoms with Crippen LogP contribution in [0.25, 0.3) is 0 Å². The van der Waals surface area contributed by atoms with Gasteiger partial charge in [0, 0.05) is 19.4 Å². The number of aryl methyl sites for hydroxylation is 2. The molecule has 16 heavy (non-hydrogen) atoms. The summed E-state index contributed by atoms with van der Waals surface area (Å²) in [7, 11) is 0. The summed E-state index contributed by atoms with van der Waals surface area (Å²) < 4.78 is 7.59. The lowest BCUT2D eigenvalue weighted by Gasteiger charge is -2.01. The van der Waals surface area contributed by atoms with E-state index in [4.69, 9.17) is 10.00 Å². The highest BCUT2D eigenvalue weighted by Gasteiger charge is 2.08. The van der Waals surface area contributed by atoms with Gasteiger partial charge in [-0.25, -0.2) is 9.55 Å². The molecule has 0 bridgehead atoms. The Morgan fingerprint density at radius 1 is 1.50 bits per heavy atom. The van der Waals surface area contributed by atoms with E-state index < -0.39 is 0 Å². The molecule has 4 heteroatoms. The molecule has 0 amide bonds. The molecule has 1 rings (SSSR count). The van der Waals surface area contributed by atoms with Crippen LogP contribution in [0.1, 0.15) is 32.0 Å². The summed E-state index contributed by atoms with van der Waals surface area (Å²) in [5.41, 5.74) is 0. The Balaban J connectivity index is 2.25. The first kappa shape index (κ1) is 12.7. The molecule has 1 aromatic rings. The van der Waals surface area contributed by atoms with E-state index in [1.165, 1.54) is 0 Å². The molecule has 0 aliphatic heterocycles. The predicted molar refractivity (Wildman–Crippen MR) is 60.6 cm³/mol. The fourth-order valence-electron chi connectivity index (χ4n) is 1.58. The minimum Gasteiger partial charge on any atom is -0.381 e. The van der Waals surface area contributed by atoms with Crippen LogP contribution in [0.4, 0.5) is 0 Å². The molecule has 1 aromatic heterocycles. The fourth-order valence-corrected chi connectivity index (χ4v) is 1.58. The first-order valence-electron chi connectivity index (χ1n) is 5.89. The monoisotopic (exact) mass is 222 g/mol. The number of nitrogens with zero attached hydrogens (tertiary/aromatic N) is 2. The van der Waals surface area contributed by atoms with Crippen molar-refractivity contribution in [3.05, 3.63) is 18.2 Å². The van der Waals surface area contributed by atoms with E-state index >= 15 is 0 Å². The highest BCUT2D eigenvalue weighted by Crippen LogP contribution is 1.94. The zero-order valence-electron chi connectivity index (χ0n) is 9.91. The number of hydrogen-bond donors (Lipinski definition) is 1. The Hall–Kier alpha value is -1.34. The number of imidazole rings is 1. The molecular formula is C12H20N3O+. The topological polar surface area (TPSA) is 52.7 Å². The Bertz CT molecular complexity index is 327. The van der Waals surface area contributed by atoms with Crippen LogP contribution in [0.3, 0.4) is 0 Å². The number of rotatable bonds is 8. The molecule has 88 valence electrons. The zero-order valence-corrected chi connectivity index (χ0v) is 9.91. The van der Waals surface area contributed by atoms with Crippen LogP contribution < -0.4 is 4.57 Å². The number of hydrogen-bond acceptors (Lipinski definition) is 2. The Labute approximate surface area is 96.9 Å². The highest BCUT2D eigenvalue weighted by molar-refractivity contribution is 4.82. The minimum absolute atomic E-state index is 0.562. The summed E-state index contributed by atoms with van der Waals surface area (Å²) in [6.07, 6.45) is 7.38. The second kappa shape index (κ2) is 7.89. The van der Waals surface area contributed by atoms with Crippen molar-refractivity contribution >= 4 is 0 Å². The van der Waals surface area contributed by atoms with Crippen LogP contribution in [0.2, 0.25) is 0 Å². The van der Waals surface area contributed by atoms with Crippen LogP contribution in [-0.2, 0) is 17.7 Å². The van der Waals surface area contributed by atoms with E-state index in [0.717, 1.165) is 44.8 Å². The predicted octanol–water partition coefficient (Wildman–Crippen LogP) is 1.58. The van der Waals surface area contributed by atoms with E-state index in [-0.39, 0.29) is 0 Å². The smallest absolute Gasteiger partial charge is 0.255 e. The molecule has 0 fully saturated rings. The summed E-state index contributed by atoms with van der Waals surface area (Å²) in [6, 6.07) is 2.16. The Morgan fingerprint density at radius 2 is 2.38 bits per heavy atom. The van der Waals surface area contributed by atoms with Gasteiger partial charge in [0.1, 0.15) is 12.4 Å². The van der Waals surface area contributed by atoms with Gasteiger partial charge >= 0.3 is 0 Å². The van der Waals surface area contributed by atoms with E-state index in [2.05, 4.69) is 22.5 Å². The van der Waals surface area contributed by atoms with E-state index in [1.54, 1.807) is 0 Å². The van der Waals surface area contributed by atoms with Crippen molar-refractivity contribution in [1.29, 1.82) is 5.26 Å². The third-order valence-electron chi connectivity index (χ3n) is 2.36. The van der Waals surface area contributed by atoms with Crippen LogP contribution in [0, 0.1) is 11.3 Å². The molecule has 1 N–H and O–H groups in total. The quantitative estimate of drug-likeness (QED) is 0.536. The molecular weight excluding hydrogens is 202 g/mol. The number of nitriles is 1. The zero-order chi connectivity index (χ0) is 11.6. The van der Waals surface area contributed by atoms with Crippen molar-refractivity contribution in [2.45, 2.75) is 39.2 Å². The molecule has 0 aromatic carbocycles. The van der Waals surface area contributed by atoms with Gasteiger partial charge in [0.25, 0.3) is 5.82 Å². The SMILES string of the molecule is CCCOCCC[n+]1cc[nH]c1CCC#N. The Morgan fingerprint density at radius 3 is 3.12 bits per heavy atom. The normalized spacial score (nSPS) is 10.2. The van der Waals surface area contributed by atoms with E-state index in [0.29, 0.717) is 6.42 Å². The molecule has 0 spiro atoms. The molecule has 0 aliphatic rings. The molecule has 0 saturated heterocycles. The molecule has 0 aliphatic carbocycles. The molecule has 0 radical (unpaired) electrons. The second-order valence-corrected chi connectivity index (χ2v) is 3.72. The maximum Gasteiger partial charge on any atom is 0.255 e. The largest absolute Gasteiger partial charge is 0.381 e. The summed E-state index contributed by atoms with van der Waals surface area (Å²) in [6.45, 7) is 4.72. The van der Waals surface area contributed by atoms with Crippen molar-refractivity contribution in [3.63, 3.8) is 0 Å². The lowest BCUT2D eigenvalue weighted by molar-refractivity contribution is -0.703. The van der Waals surface area contributed by atoms with E-state index in [9.17, 15) is 0 Å². The number of aromatic nitrogens is 2. The van der Waals surface area contributed by atoms with Crippen molar-refractivity contribution in [2.75, 3.05) is 13.2 Å². The Kier molecular flexibility index (Phi) is 6.28. The van der Waals surface area contributed by atoms with Gasteiger partial charge in [-0.3, -0.25) is 0 Å². The molecule has 4 nitrogen and oxygen atoms in total. The van der Waals surface area contributed by atoms with Gasteiger partial charge in [0.05, 0.1) is 25.6 Å². The van der Waals surface area contributed by atoms with Crippen molar-refractivity contribution in [2.24, 2.45) is 0 Å². The number of aromatic amines is 1. The van der Waals surface area contributed by atoms with Gasteiger partial charge in [-0.2, -0.15) is 5.26 Å². The first-order valence-corrected chi connectivity index (χ1v) is 5.89. The first-order chi connectivity index (χ1) is 7.88. The van der Waals surface area contributed by atoms with Gasteiger partial charge in [-0.15, -0.1) is 0 Å². The average Bonchev–Trinajstić information content (AvgIpc) is 2.74. The minimum atomic E-state index is 0.562.